The van der Waals surface area contributed by atoms with Gasteiger partial charge >= 0.3 is 0 Å². The van der Waals surface area contributed by atoms with E-state index in [-0.39, 0.29) is 0 Å². The number of hydrogen-bond donors (Lipinski definition) is 1. The molecule has 0 aliphatic heterocycles. The van der Waals surface area contributed by atoms with Crippen LogP contribution in [0.3, 0.4) is 0 Å². The smallest absolute Gasteiger partial charge is 0.140 e. The molecule has 1 atom stereocenters. The van der Waals surface area contributed by atoms with Crippen LogP contribution in [-0.4, -0.2) is 7.11 Å². The molecular weight excluding hydrogens is 272 g/mol. The Balaban J connectivity index is 2.16. The number of benzene rings is 2. The lowest BCUT2D eigenvalue weighted by Gasteiger charge is -2.14. The van der Waals surface area contributed by atoms with E-state index in [2.05, 4.69) is 11.4 Å². The van der Waals surface area contributed by atoms with E-state index in [1.807, 2.05) is 42.5 Å². The molecule has 0 aliphatic rings. The van der Waals surface area contributed by atoms with Crippen molar-refractivity contribution in [1.82, 2.24) is 0 Å². The molecule has 3 nitrogen and oxygen atoms in total. The monoisotopic (exact) mass is 286 g/mol. The first kappa shape index (κ1) is 14.4. The first-order chi connectivity index (χ1) is 9.74. The third-order valence-electron chi connectivity index (χ3n) is 2.93. The molecule has 0 saturated carbocycles. The van der Waals surface area contributed by atoms with Crippen LogP contribution in [0, 0.1) is 11.3 Å². The van der Waals surface area contributed by atoms with Crippen LogP contribution in [0.1, 0.15) is 17.2 Å². The van der Waals surface area contributed by atoms with E-state index in [1.54, 1.807) is 13.2 Å². The van der Waals surface area contributed by atoms with E-state index in [0.717, 1.165) is 16.8 Å². The predicted octanol–water partition coefficient (Wildman–Crippen LogP) is 4.16. The van der Waals surface area contributed by atoms with Crippen LogP contribution in [-0.2, 0) is 11.3 Å². The van der Waals surface area contributed by atoms with Crippen LogP contribution in [0.25, 0.3) is 0 Å². The highest BCUT2D eigenvalue weighted by atomic mass is 35.5. The fraction of sp³-hybridized carbons (Fsp3) is 0.188. The molecule has 0 bridgehead atoms. The summed E-state index contributed by atoms with van der Waals surface area (Å²) in [4.78, 5) is 0. The third kappa shape index (κ3) is 3.51. The summed E-state index contributed by atoms with van der Waals surface area (Å²) in [6.45, 7) is 0.565. The number of para-hydroxylation sites is 1. The lowest BCUT2D eigenvalue weighted by Crippen LogP contribution is -2.08. The molecule has 0 fully saturated rings. The van der Waals surface area contributed by atoms with Gasteiger partial charge < -0.3 is 10.1 Å². The molecule has 2 rings (SSSR count). The second-order valence-electron chi connectivity index (χ2n) is 4.36. The third-order valence-corrected chi connectivity index (χ3v) is 3.26. The molecule has 2 aromatic rings. The van der Waals surface area contributed by atoms with Crippen LogP contribution in [0.4, 0.5) is 5.69 Å². The molecule has 20 heavy (non-hydrogen) atoms. The molecule has 1 N–H and O–H groups in total. The van der Waals surface area contributed by atoms with Crippen molar-refractivity contribution < 1.29 is 4.74 Å². The summed E-state index contributed by atoms with van der Waals surface area (Å²) in [5, 5.41) is 13.1. The zero-order valence-electron chi connectivity index (χ0n) is 11.1. The zero-order valence-corrected chi connectivity index (χ0v) is 11.9. The van der Waals surface area contributed by atoms with Crippen molar-refractivity contribution in [2.24, 2.45) is 0 Å². The molecular formula is C16H15ClN2O. The van der Waals surface area contributed by atoms with Crippen molar-refractivity contribution in [3.63, 3.8) is 0 Å². The summed E-state index contributed by atoms with van der Waals surface area (Å²) < 4.78 is 5.07. The Morgan fingerprint density at radius 2 is 1.90 bits per heavy atom. The van der Waals surface area contributed by atoms with Gasteiger partial charge in [0.2, 0.25) is 0 Å². The number of rotatable bonds is 5. The fourth-order valence-electron chi connectivity index (χ4n) is 1.90. The Morgan fingerprint density at radius 3 is 2.50 bits per heavy atom. The van der Waals surface area contributed by atoms with Crippen LogP contribution >= 0.6 is 11.6 Å². The van der Waals surface area contributed by atoms with Crippen molar-refractivity contribution in [2.45, 2.75) is 12.6 Å². The summed E-state index contributed by atoms with van der Waals surface area (Å²) in [5.41, 5.74) is 2.72. The maximum Gasteiger partial charge on any atom is 0.140 e. The Bertz CT molecular complexity index is 605. The van der Waals surface area contributed by atoms with E-state index in [9.17, 15) is 5.26 Å². The van der Waals surface area contributed by atoms with Gasteiger partial charge in [0, 0.05) is 7.11 Å². The first-order valence-electron chi connectivity index (χ1n) is 6.23. The van der Waals surface area contributed by atoms with Crippen molar-refractivity contribution in [3.05, 3.63) is 64.7 Å². The molecule has 102 valence electrons. The lowest BCUT2D eigenvalue weighted by molar-refractivity contribution is 0.185. The second kappa shape index (κ2) is 6.95. The second-order valence-corrected chi connectivity index (χ2v) is 4.77. The van der Waals surface area contributed by atoms with Crippen LogP contribution in [0.2, 0.25) is 5.02 Å². The van der Waals surface area contributed by atoms with Crippen LogP contribution in [0.15, 0.2) is 48.5 Å². The number of nitrogens with zero attached hydrogens (tertiary/aromatic N) is 1. The molecule has 0 aliphatic carbocycles. The van der Waals surface area contributed by atoms with Gasteiger partial charge in [-0.05, 0) is 23.3 Å². The molecule has 4 heteroatoms. The van der Waals surface area contributed by atoms with Crippen molar-refractivity contribution in [2.75, 3.05) is 12.4 Å². The van der Waals surface area contributed by atoms with Crippen molar-refractivity contribution in [3.8, 4) is 6.07 Å². The van der Waals surface area contributed by atoms with Crippen LogP contribution < -0.4 is 5.32 Å². The van der Waals surface area contributed by atoms with Gasteiger partial charge in [-0.1, -0.05) is 48.0 Å². The highest BCUT2D eigenvalue weighted by molar-refractivity contribution is 6.33. The van der Waals surface area contributed by atoms with Crippen LogP contribution in [0.5, 0.6) is 0 Å². The van der Waals surface area contributed by atoms with E-state index < -0.39 is 6.04 Å². The highest BCUT2D eigenvalue weighted by Gasteiger charge is 2.11. The quantitative estimate of drug-likeness (QED) is 0.897. The lowest BCUT2D eigenvalue weighted by atomic mass is 10.1. The largest absolute Gasteiger partial charge is 0.380 e. The molecule has 0 radical (unpaired) electrons. The molecule has 0 amide bonds. The zero-order chi connectivity index (χ0) is 14.4. The number of anilines is 1. The van der Waals surface area contributed by atoms with E-state index in [0.29, 0.717) is 11.6 Å². The van der Waals surface area contributed by atoms with Gasteiger partial charge in [0.05, 0.1) is 23.4 Å². The summed E-state index contributed by atoms with van der Waals surface area (Å²) in [7, 11) is 1.66. The minimum atomic E-state index is -0.438. The Hall–Kier alpha value is -2.02. The predicted molar refractivity (Wildman–Crippen MR) is 80.6 cm³/mol. The van der Waals surface area contributed by atoms with Gasteiger partial charge in [-0.15, -0.1) is 0 Å². The first-order valence-corrected chi connectivity index (χ1v) is 6.61. The average Bonchev–Trinajstić information content (AvgIpc) is 2.48. The number of ether oxygens (including phenoxy) is 1. The standard InChI is InChI=1S/C16H15ClN2O/c1-20-11-12-6-8-13(9-7-12)16(10-18)19-15-5-3-2-4-14(15)17/h2-9,16,19H,11H2,1H3. The number of methoxy groups -OCH3 is 1. The number of nitrogens with one attached hydrogen (secondary N) is 1. The molecule has 0 saturated heterocycles. The molecule has 0 spiro atoms. The average molecular weight is 287 g/mol. The summed E-state index contributed by atoms with van der Waals surface area (Å²) >= 11 is 6.09. The minimum Gasteiger partial charge on any atom is -0.380 e. The number of nitriles is 1. The minimum absolute atomic E-state index is 0.438. The fourth-order valence-corrected chi connectivity index (χ4v) is 2.09. The summed E-state index contributed by atoms with van der Waals surface area (Å²) in [6, 6.07) is 16.9. The Labute approximate surface area is 123 Å². The van der Waals surface area contributed by atoms with E-state index in [1.165, 1.54) is 0 Å². The van der Waals surface area contributed by atoms with Gasteiger partial charge in [0.25, 0.3) is 0 Å². The Kier molecular flexibility index (Phi) is 5.00. The molecule has 1 unspecified atom stereocenters. The van der Waals surface area contributed by atoms with Gasteiger partial charge in [-0.2, -0.15) is 5.26 Å². The number of hydrogen-bond acceptors (Lipinski definition) is 3. The van der Waals surface area contributed by atoms with E-state index >= 15 is 0 Å². The Morgan fingerprint density at radius 1 is 1.20 bits per heavy atom. The van der Waals surface area contributed by atoms with Crippen molar-refractivity contribution in [1.29, 1.82) is 5.26 Å². The number of halogens is 1. The maximum atomic E-state index is 9.32. The van der Waals surface area contributed by atoms with Crippen molar-refractivity contribution >= 4 is 17.3 Å². The molecule has 2 aromatic carbocycles. The topological polar surface area (TPSA) is 45.0 Å². The highest BCUT2D eigenvalue weighted by Crippen LogP contribution is 2.25. The SMILES string of the molecule is COCc1ccc(C(C#N)Nc2ccccc2Cl)cc1. The normalized spacial score (nSPS) is 11.7. The van der Waals surface area contributed by atoms with Gasteiger partial charge in [0.1, 0.15) is 6.04 Å². The van der Waals surface area contributed by atoms with Gasteiger partial charge in [-0.3, -0.25) is 0 Å². The maximum absolute atomic E-state index is 9.32. The molecule has 0 aromatic heterocycles. The molecule has 0 heterocycles. The summed E-state index contributed by atoms with van der Waals surface area (Å²) in [6.07, 6.45) is 0. The summed E-state index contributed by atoms with van der Waals surface area (Å²) in [5.74, 6) is 0. The van der Waals surface area contributed by atoms with Gasteiger partial charge in [-0.25, -0.2) is 0 Å². The van der Waals surface area contributed by atoms with E-state index in [4.69, 9.17) is 16.3 Å². The van der Waals surface area contributed by atoms with Gasteiger partial charge in [0.15, 0.2) is 0 Å².